The molecule has 1 amide bonds. The van der Waals surface area contributed by atoms with Gasteiger partial charge in [-0.2, -0.15) is 0 Å². The topological polar surface area (TPSA) is 89.0 Å². The second-order valence-electron chi connectivity index (χ2n) is 5.16. The average Bonchev–Trinajstić information content (AvgIpc) is 3.00. The van der Waals surface area contributed by atoms with Crippen LogP contribution < -0.4 is 15.6 Å². The van der Waals surface area contributed by atoms with Gasteiger partial charge in [-0.1, -0.05) is 0 Å². The number of H-pyrrole nitrogens is 1. The predicted molar refractivity (Wildman–Crippen MR) is 89.0 cm³/mol. The van der Waals surface area contributed by atoms with Crippen LogP contribution in [0.3, 0.4) is 0 Å². The summed E-state index contributed by atoms with van der Waals surface area (Å²) in [5, 5.41) is 2.75. The highest BCUT2D eigenvalue weighted by molar-refractivity contribution is 6.04. The highest BCUT2D eigenvalue weighted by Gasteiger charge is 2.06. The van der Waals surface area contributed by atoms with Crippen LogP contribution in [-0.4, -0.2) is 20.4 Å². The molecule has 0 aliphatic rings. The number of hydrogen-bond acceptors (Lipinski definition) is 4. The lowest BCUT2D eigenvalue weighted by atomic mass is 10.2. The number of amides is 1. The van der Waals surface area contributed by atoms with Crippen LogP contribution in [0, 0.1) is 0 Å². The summed E-state index contributed by atoms with van der Waals surface area (Å²) in [7, 11) is 1.90. The quantitative estimate of drug-likeness (QED) is 0.750. The number of carbonyl (C=O) groups excluding carboxylic acids is 1. The van der Waals surface area contributed by atoms with E-state index in [9.17, 15) is 9.59 Å². The van der Waals surface area contributed by atoms with Gasteiger partial charge >= 0.3 is 0 Å². The predicted octanol–water partition coefficient (Wildman–Crippen LogP) is 1.94. The van der Waals surface area contributed by atoms with Crippen molar-refractivity contribution in [2.45, 2.75) is 6.61 Å². The van der Waals surface area contributed by atoms with E-state index in [-0.39, 0.29) is 11.5 Å². The van der Waals surface area contributed by atoms with Crippen molar-refractivity contribution in [2.24, 2.45) is 7.05 Å². The lowest BCUT2D eigenvalue weighted by Crippen LogP contribution is -2.14. The van der Waals surface area contributed by atoms with Gasteiger partial charge in [0.25, 0.3) is 5.91 Å². The molecule has 3 rings (SSSR count). The molecule has 1 aromatic carbocycles. The molecule has 0 bridgehead atoms. The van der Waals surface area contributed by atoms with Crippen molar-refractivity contribution in [1.29, 1.82) is 0 Å². The van der Waals surface area contributed by atoms with E-state index in [0.717, 1.165) is 5.82 Å². The van der Waals surface area contributed by atoms with Gasteiger partial charge in [0.15, 0.2) is 0 Å². The molecule has 7 heteroatoms. The van der Waals surface area contributed by atoms with Gasteiger partial charge in [0.2, 0.25) is 5.56 Å². The zero-order valence-electron chi connectivity index (χ0n) is 13.0. The van der Waals surface area contributed by atoms with Crippen molar-refractivity contribution in [3.05, 3.63) is 76.7 Å². The zero-order chi connectivity index (χ0) is 16.9. The van der Waals surface area contributed by atoms with E-state index >= 15 is 0 Å². The normalized spacial score (nSPS) is 10.4. The van der Waals surface area contributed by atoms with E-state index in [1.165, 1.54) is 18.3 Å². The molecule has 0 fully saturated rings. The molecule has 2 aromatic heterocycles. The van der Waals surface area contributed by atoms with Gasteiger partial charge in [0.05, 0.1) is 5.56 Å². The van der Waals surface area contributed by atoms with Crippen LogP contribution in [-0.2, 0) is 13.7 Å². The summed E-state index contributed by atoms with van der Waals surface area (Å²) >= 11 is 0. The highest BCUT2D eigenvalue weighted by Crippen LogP contribution is 2.17. The van der Waals surface area contributed by atoms with Crippen molar-refractivity contribution in [1.82, 2.24) is 14.5 Å². The largest absolute Gasteiger partial charge is 0.486 e. The fourth-order valence-electron chi connectivity index (χ4n) is 2.07. The van der Waals surface area contributed by atoms with Gasteiger partial charge in [0, 0.05) is 37.4 Å². The molecule has 0 saturated carbocycles. The number of nitrogens with one attached hydrogen (secondary N) is 2. The molecular formula is C17H16N4O3. The summed E-state index contributed by atoms with van der Waals surface area (Å²) in [6, 6.07) is 9.81. The van der Waals surface area contributed by atoms with E-state index in [1.807, 2.05) is 17.8 Å². The third-order valence-corrected chi connectivity index (χ3v) is 3.45. The van der Waals surface area contributed by atoms with Crippen LogP contribution in [0.2, 0.25) is 0 Å². The monoisotopic (exact) mass is 324 g/mol. The first-order chi connectivity index (χ1) is 11.6. The molecule has 3 aromatic rings. The van der Waals surface area contributed by atoms with E-state index in [1.54, 1.807) is 30.5 Å². The van der Waals surface area contributed by atoms with E-state index in [2.05, 4.69) is 15.3 Å². The van der Waals surface area contributed by atoms with Crippen molar-refractivity contribution in [3.8, 4) is 5.75 Å². The third-order valence-electron chi connectivity index (χ3n) is 3.45. The number of pyridine rings is 1. The summed E-state index contributed by atoms with van der Waals surface area (Å²) in [4.78, 5) is 29.7. The summed E-state index contributed by atoms with van der Waals surface area (Å²) < 4.78 is 7.54. The molecular weight excluding hydrogens is 308 g/mol. The van der Waals surface area contributed by atoms with Crippen LogP contribution >= 0.6 is 0 Å². The molecule has 0 aliphatic heterocycles. The maximum Gasteiger partial charge on any atom is 0.257 e. The number of nitrogens with zero attached hydrogens (tertiary/aromatic N) is 2. The third kappa shape index (κ3) is 3.70. The lowest BCUT2D eigenvalue weighted by Gasteiger charge is -2.08. The Labute approximate surface area is 137 Å². The van der Waals surface area contributed by atoms with Gasteiger partial charge in [-0.3, -0.25) is 9.59 Å². The first-order valence-electron chi connectivity index (χ1n) is 7.31. The second-order valence-corrected chi connectivity index (χ2v) is 5.16. The minimum absolute atomic E-state index is 0.249. The van der Waals surface area contributed by atoms with Crippen molar-refractivity contribution in [3.63, 3.8) is 0 Å². The number of anilines is 1. The number of rotatable bonds is 5. The van der Waals surface area contributed by atoms with Crippen LogP contribution in [0.15, 0.2) is 59.8 Å². The summed E-state index contributed by atoms with van der Waals surface area (Å²) in [6.45, 7) is 0.368. The smallest absolute Gasteiger partial charge is 0.257 e. The Morgan fingerprint density at radius 1 is 1.25 bits per heavy atom. The Balaban J connectivity index is 1.60. The maximum absolute atomic E-state index is 12.1. The number of ether oxygens (including phenoxy) is 1. The first-order valence-corrected chi connectivity index (χ1v) is 7.31. The van der Waals surface area contributed by atoms with Crippen LogP contribution in [0.25, 0.3) is 0 Å². The number of aromatic amines is 1. The van der Waals surface area contributed by atoms with Gasteiger partial charge in [-0.05, 0) is 30.3 Å². The number of aromatic nitrogens is 3. The zero-order valence-corrected chi connectivity index (χ0v) is 13.0. The van der Waals surface area contributed by atoms with Gasteiger partial charge in [0.1, 0.15) is 18.2 Å². The number of hydrogen-bond donors (Lipinski definition) is 2. The molecule has 0 saturated heterocycles. The first kappa shape index (κ1) is 15.5. The van der Waals surface area contributed by atoms with Crippen LogP contribution in [0.4, 0.5) is 5.69 Å². The molecule has 122 valence electrons. The second kappa shape index (κ2) is 6.82. The van der Waals surface area contributed by atoms with Gasteiger partial charge in [-0.15, -0.1) is 0 Å². The Morgan fingerprint density at radius 3 is 2.67 bits per heavy atom. The fraction of sp³-hybridized carbons (Fsp3) is 0.118. The molecule has 24 heavy (non-hydrogen) atoms. The van der Waals surface area contributed by atoms with Crippen molar-refractivity contribution in [2.75, 3.05) is 5.32 Å². The molecule has 0 radical (unpaired) electrons. The van der Waals surface area contributed by atoms with Gasteiger partial charge < -0.3 is 19.6 Å². The lowest BCUT2D eigenvalue weighted by molar-refractivity contribution is 0.102. The Kier molecular flexibility index (Phi) is 4.42. The SMILES string of the molecule is Cn1ccnc1COc1ccc(NC(=O)c2ccc(=O)[nH]c2)cc1. The summed E-state index contributed by atoms with van der Waals surface area (Å²) in [6.07, 6.45) is 4.95. The summed E-state index contributed by atoms with van der Waals surface area (Å²) in [5.41, 5.74) is 0.765. The Hall–Kier alpha value is -3.35. The summed E-state index contributed by atoms with van der Waals surface area (Å²) in [5.74, 6) is 1.21. The van der Waals surface area contributed by atoms with E-state index in [0.29, 0.717) is 23.6 Å². The molecule has 7 nitrogen and oxygen atoms in total. The maximum atomic E-state index is 12.1. The van der Waals surface area contributed by atoms with Crippen molar-refractivity contribution < 1.29 is 9.53 Å². The van der Waals surface area contributed by atoms with E-state index < -0.39 is 0 Å². The highest BCUT2D eigenvalue weighted by atomic mass is 16.5. The molecule has 2 heterocycles. The Morgan fingerprint density at radius 2 is 2.04 bits per heavy atom. The fourth-order valence-corrected chi connectivity index (χ4v) is 2.07. The van der Waals surface area contributed by atoms with Gasteiger partial charge in [-0.25, -0.2) is 4.98 Å². The van der Waals surface area contributed by atoms with Crippen LogP contribution in [0.5, 0.6) is 5.75 Å². The Bertz CT molecular complexity index is 876. The molecule has 0 spiro atoms. The molecule has 2 N–H and O–H groups in total. The van der Waals surface area contributed by atoms with E-state index in [4.69, 9.17) is 4.74 Å². The number of carbonyl (C=O) groups is 1. The minimum Gasteiger partial charge on any atom is -0.486 e. The molecule has 0 atom stereocenters. The number of benzene rings is 1. The van der Waals surface area contributed by atoms with Crippen LogP contribution in [0.1, 0.15) is 16.2 Å². The average molecular weight is 324 g/mol. The molecule has 0 unspecified atom stereocenters. The standard InChI is InChI=1S/C17H16N4O3/c1-21-9-8-18-15(21)11-24-14-5-3-13(4-6-14)20-17(23)12-2-7-16(22)19-10-12/h2-10H,11H2,1H3,(H,19,22)(H,20,23). The number of imidazole rings is 1. The number of aryl methyl sites for hydroxylation is 1. The minimum atomic E-state index is -0.298. The molecule has 0 aliphatic carbocycles. The van der Waals surface area contributed by atoms with Crippen molar-refractivity contribution >= 4 is 11.6 Å².